The quantitative estimate of drug-likeness (QED) is 0.718. The Morgan fingerprint density at radius 3 is 2.74 bits per heavy atom. The molecule has 0 atom stereocenters. The molecule has 2 aromatic heterocycles. The Morgan fingerprint density at radius 2 is 2.00 bits per heavy atom. The molecule has 0 radical (unpaired) electrons. The van der Waals surface area contributed by atoms with Crippen LogP contribution in [0.15, 0.2) is 15.9 Å². The number of nitrogens with zero attached hydrogens (tertiary/aromatic N) is 3. The molecular formula is C12H18N4O3. The van der Waals surface area contributed by atoms with Crippen molar-refractivity contribution in [2.24, 2.45) is 7.05 Å². The molecule has 0 aliphatic heterocycles. The molecule has 104 valence electrons. The number of hydrogen-bond acceptors (Lipinski definition) is 4. The molecule has 0 spiro atoms. The SMILES string of the molecule is Cn1c(=O)[nH]c(=O)c2c1ncn2CCCCCCO. The number of imidazole rings is 1. The first-order valence-corrected chi connectivity index (χ1v) is 6.40. The molecule has 7 heteroatoms. The zero-order valence-corrected chi connectivity index (χ0v) is 10.9. The monoisotopic (exact) mass is 266 g/mol. The third kappa shape index (κ3) is 2.76. The number of aliphatic hydroxyl groups is 1. The molecule has 0 aliphatic rings. The molecule has 2 rings (SSSR count). The van der Waals surface area contributed by atoms with E-state index in [-0.39, 0.29) is 6.61 Å². The largest absolute Gasteiger partial charge is 0.396 e. The number of aliphatic hydroxyl groups excluding tert-OH is 1. The molecule has 2 aromatic rings. The van der Waals surface area contributed by atoms with E-state index in [0.29, 0.717) is 17.7 Å². The Labute approximate surface area is 109 Å². The van der Waals surface area contributed by atoms with Crippen LogP contribution in [0.1, 0.15) is 25.7 Å². The van der Waals surface area contributed by atoms with E-state index < -0.39 is 11.2 Å². The summed E-state index contributed by atoms with van der Waals surface area (Å²) in [5, 5.41) is 8.69. The Kier molecular flexibility index (Phi) is 4.16. The first kappa shape index (κ1) is 13.5. The smallest absolute Gasteiger partial charge is 0.329 e. The van der Waals surface area contributed by atoms with Crippen LogP contribution in [0.25, 0.3) is 11.2 Å². The number of nitrogens with one attached hydrogen (secondary N) is 1. The van der Waals surface area contributed by atoms with Gasteiger partial charge in [0.2, 0.25) is 0 Å². The van der Waals surface area contributed by atoms with Crippen LogP contribution in [0.4, 0.5) is 0 Å². The van der Waals surface area contributed by atoms with Crippen molar-refractivity contribution in [2.45, 2.75) is 32.2 Å². The molecule has 2 heterocycles. The lowest BCUT2D eigenvalue weighted by Gasteiger charge is -2.04. The first-order chi connectivity index (χ1) is 9.15. The summed E-state index contributed by atoms with van der Waals surface area (Å²) >= 11 is 0. The number of hydrogen-bond donors (Lipinski definition) is 2. The number of fused-ring (bicyclic) bond motifs is 1. The van der Waals surface area contributed by atoms with Gasteiger partial charge < -0.3 is 9.67 Å². The van der Waals surface area contributed by atoms with Crippen molar-refractivity contribution >= 4 is 11.2 Å². The number of rotatable bonds is 6. The second-order valence-corrected chi connectivity index (χ2v) is 4.57. The van der Waals surface area contributed by atoms with Crippen molar-refractivity contribution in [3.63, 3.8) is 0 Å². The summed E-state index contributed by atoms with van der Waals surface area (Å²) in [5.74, 6) is 0. The van der Waals surface area contributed by atoms with Crippen molar-refractivity contribution < 1.29 is 5.11 Å². The Hall–Kier alpha value is -1.89. The summed E-state index contributed by atoms with van der Waals surface area (Å²) in [6.45, 7) is 0.902. The van der Waals surface area contributed by atoms with Crippen molar-refractivity contribution in [2.75, 3.05) is 6.61 Å². The molecule has 7 nitrogen and oxygen atoms in total. The van der Waals surface area contributed by atoms with Gasteiger partial charge in [0.05, 0.1) is 6.33 Å². The van der Waals surface area contributed by atoms with Gasteiger partial charge in [-0.3, -0.25) is 14.3 Å². The summed E-state index contributed by atoms with van der Waals surface area (Å²) in [6, 6.07) is 0. The molecule has 19 heavy (non-hydrogen) atoms. The molecular weight excluding hydrogens is 248 g/mol. The third-order valence-electron chi connectivity index (χ3n) is 3.18. The zero-order valence-electron chi connectivity index (χ0n) is 10.9. The number of aromatic amines is 1. The Balaban J connectivity index is 2.19. The summed E-state index contributed by atoms with van der Waals surface area (Å²) in [6.07, 6.45) is 5.26. The van der Waals surface area contributed by atoms with E-state index in [1.807, 2.05) is 0 Å². The van der Waals surface area contributed by atoms with Crippen LogP contribution < -0.4 is 11.2 Å². The minimum Gasteiger partial charge on any atom is -0.396 e. The highest BCUT2D eigenvalue weighted by atomic mass is 16.3. The van der Waals surface area contributed by atoms with Crippen LogP contribution in [-0.2, 0) is 13.6 Å². The highest BCUT2D eigenvalue weighted by Gasteiger charge is 2.10. The Morgan fingerprint density at radius 1 is 1.26 bits per heavy atom. The molecule has 0 unspecified atom stereocenters. The maximum atomic E-state index is 11.8. The van der Waals surface area contributed by atoms with E-state index in [9.17, 15) is 9.59 Å². The van der Waals surface area contributed by atoms with Gasteiger partial charge in [0.1, 0.15) is 0 Å². The van der Waals surface area contributed by atoms with Gasteiger partial charge in [0.25, 0.3) is 5.56 Å². The molecule has 0 bridgehead atoms. The average Bonchev–Trinajstić information content (AvgIpc) is 2.80. The number of unbranched alkanes of at least 4 members (excludes halogenated alkanes) is 3. The van der Waals surface area contributed by atoms with E-state index in [1.165, 1.54) is 4.57 Å². The highest BCUT2D eigenvalue weighted by molar-refractivity contribution is 5.69. The maximum Gasteiger partial charge on any atom is 0.329 e. The van der Waals surface area contributed by atoms with E-state index in [4.69, 9.17) is 5.11 Å². The normalized spacial score (nSPS) is 11.3. The minimum atomic E-state index is -0.453. The summed E-state index contributed by atoms with van der Waals surface area (Å²) in [5.41, 5.74) is -0.00924. The van der Waals surface area contributed by atoms with E-state index >= 15 is 0 Å². The fourth-order valence-corrected chi connectivity index (χ4v) is 2.10. The van der Waals surface area contributed by atoms with Crippen LogP contribution in [0, 0.1) is 0 Å². The molecule has 0 fully saturated rings. The van der Waals surface area contributed by atoms with Crippen LogP contribution in [0.2, 0.25) is 0 Å². The van der Waals surface area contributed by atoms with Gasteiger partial charge >= 0.3 is 5.69 Å². The van der Waals surface area contributed by atoms with Gasteiger partial charge in [-0.05, 0) is 12.8 Å². The Bertz CT molecular complexity index is 668. The number of H-pyrrole nitrogens is 1. The van der Waals surface area contributed by atoms with Crippen molar-refractivity contribution in [1.29, 1.82) is 0 Å². The van der Waals surface area contributed by atoms with E-state index in [1.54, 1.807) is 17.9 Å². The van der Waals surface area contributed by atoms with Crippen LogP contribution >= 0.6 is 0 Å². The van der Waals surface area contributed by atoms with Gasteiger partial charge in [0, 0.05) is 20.2 Å². The number of aryl methyl sites for hydroxylation is 2. The van der Waals surface area contributed by atoms with Gasteiger partial charge in [-0.1, -0.05) is 12.8 Å². The highest BCUT2D eigenvalue weighted by Crippen LogP contribution is 2.08. The minimum absolute atomic E-state index is 0.218. The summed E-state index contributed by atoms with van der Waals surface area (Å²) < 4.78 is 3.10. The lowest BCUT2D eigenvalue weighted by Crippen LogP contribution is -2.29. The summed E-state index contributed by atoms with van der Waals surface area (Å²) in [7, 11) is 1.58. The van der Waals surface area contributed by atoms with E-state index in [0.717, 1.165) is 25.7 Å². The molecule has 0 aromatic carbocycles. The predicted molar refractivity (Wildman–Crippen MR) is 71.1 cm³/mol. The standard InChI is InChI=1S/C12H18N4O3/c1-15-10-9(11(18)14-12(15)19)16(8-13-10)6-4-2-3-5-7-17/h8,17H,2-7H2,1H3,(H,14,18,19). The zero-order chi connectivity index (χ0) is 13.8. The fraction of sp³-hybridized carbons (Fsp3) is 0.583. The lowest BCUT2D eigenvalue weighted by molar-refractivity contribution is 0.282. The van der Waals surface area contributed by atoms with Gasteiger partial charge in [-0.15, -0.1) is 0 Å². The number of aromatic nitrogens is 4. The second-order valence-electron chi connectivity index (χ2n) is 4.57. The van der Waals surface area contributed by atoms with Gasteiger partial charge in [0.15, 0.2) is 11.2 Å². The summed E-state index contributed by atoms with van der Waals surface area (Å²) in [4.78, 5) is 29.6. The van der Waals surface area contributed by atoms with Crippen molar-refractivity contribution in [1.82, 2.24) is 19.1 Å². The van der Waals surface area contributed by atoms with Crippen LogP contribution in [-0.4, -0.2) is 30.8 Å². The van der Waals surface area contributed by atoms with Gasteiger partial charge in [-0.25, -0.2) is 9.78 Å². The van der Waals surface area contributed by atoms with Crippen molar-refractivity contribution in [3.05, 3.63) is 27.2 Å². The molecule has 0 amide bonds. The van der Waals surface area contributed by atoms with Gasteiger partial charge in [-0.2, -0.15) is 0 Å². The van der Waals surface area contributed by atoms with E-state index in [2.05, 4.69) is 9.97 Å². The fourth-order valence-electron chi connectivity index (χ4n) is 2.10. The maximum absolute atomic E-state index is 11.8. The van der Waals surface area contributed by atoms with Crippen molar-refractivity contribution in [3.8, 4) is 0 Å². The lowest BCUT2D eigenvalue weighted by atomic mass is 10.2. The second kappa shape index (κ2) is 5.83. The van der Waals surface area contributed by atoms with Crippen LogP contribution in [0.3, 0.4) is 0 Å². The molecule has 0 saturated heterocycles. The van der Waals surface area contributed by atoms with Crippen LogP contribution in [0.5, 0.6) is 0 Å². The molecule has 2 N–H and O–H groups in total. The third-order valence-corrected chi connectivity index (χ3v) is 3.18. The first-order valence-electron chi connectivity index (χ1n) is 6.40. The molecule has 0 saturated carbocycles. The average molecular weight is 266 g/mol. The molecule has 0 aliphatic carbocycles. The topological polar surface area (TPSA) is 92.9 Å². The predicted octanol–water partition coefficient (Wildman–Crippen LogP) is -0.0240.